The average molecular weight is 516 g/mol. The number of imide groups is 1. The molecule has 3 aromatic carbocycles. The molecule has 1 aliphatic heterocycles. The Labute approximate surface area is 205 Å². The number of amides is 2. The SMILES string of the molecule is CC(C)OC(=O)c1ccc(N2C(=O)C3C4c5ccccc5C(Br)(c5ccccc54)C3C2=O)cc1. The molecule has 3 aromatic rings. The molecule has 7 rings (SSSR count). The first-order valence-electron chi connectivity index (χ1n) is 11.4. The van der Waals surface area contributed by atoms with E-state index in [1.54, 1.807) is 38.1 Å². The largest absolute Gasteiger partial charge is 0.459 e. The lowest BCUT2D eigenvalue weighted by Gasteiger charge is -2.51. The zero-order valence-electron chi connectivity index (χ0n) is 18.7. The second-order valence-corrected chi connectivity index (χ2v) is 10.6. The molecule has 0 radical (unpaired) electrons. The van der Waals surface area contributed by atoms with Crippen molar-refractivity contribution in [3.8, 4) is 0 Å². The topological polar surface area (TPSA) is 63.7 Å². The first-order chi connectivity index (χ1) is 16.3. The quantitative estimate of drug-likeness (QED) is 0.274. The lowest BCUT2D eigenvalue weighted by atomic mass is 9.55. The van der Waals surface area contributed by atoms with Gasteiger partial charge in [-0.1, -0.05) is 64.5 Å². The van der Waals surface area contributed by atoms with Crippen LogP contribution in [0.15, 0.2) is 72.8 Å². The van der Waals surface area contributed by atoms with Crippen LogP contribution in [-0.2, 0) is 18.7 Å². The second kappa shape index (κ2) is 7.37. The van der Waals surface area contributed by atoms with Gasteiger partial charge in [0.05, 0.1) is 33.5 Å². The molecular weight excluding hydrogens is 494 g/mol. The van der Waals surface area contributed by atoms with E-state index in [-0.39, 0.29) is 23.8 Å². The summed E-state index contributed by atoms with van der Waals surface area (Å²) >= 11 is 4.00. The Morgan fingerprint density at radius 2 is 1.44 bits per heavy atom. The average Bonchev–Trinajstić information content (AvgIpc) is 3.10. The maximum Gasteiger partial charge on any atom is 0.338 e. The number of alkyl halides is 1. The van der Waals surface area contributed by atoms with E-state index in [0.29, 0.717) is 11.3 Å². The van der Waals surface area contributed by atoms with E-state index in [2.05, 4.69) is 40.2 Å². The van der Waals surface area contributed by atoms with E-state index < -0.39 is 22.1 Å². The number of carbonyl (C=O) groups is 3. The number of hydrogen-bond donors (Lipinski definition) is 0. The van der Waals surface area contributed by atoms with Crippen molar-refractivity contribution in [1.29, 1.82) is 0 Å². The van der Waals surface area contributed by atoms with Gasteiger partial charge in [-0.15, -0.1) is 0 Å². The predicted octanol–water partition coefficient (Wildman–Crippen LogP) is 5.16. The van der Waals surface area contributed by atoms with Crippen LogP contribution in [0.3, 0.4) is 0 Å². The maximum absolute atomic E-state index is 13.9. The number of esters is 1. The highest BCUT2D eigenvalue weighted by atomic mass is 79.9. The fraction of sp³-hybridized carbons (Fsp3) is 0.250. The van der Waals surface area contributed by atoms with Crippen molar-refractivity contribution in [3.63, 3.8) is 0 Å². The fourth-order valence-electron chi connectivity index (χ4n) is 5.96. The lowest BCUT2D eigenvalue weighted by Crippen LogP contribution is -2.50. The van der Waals surface area contributed by atoms with Gasteiger partial charge in [-0.25, -0.2) is 9.69 Å². The molecule has 0 aromatic heterocycles. The van der Waals surface area contributed by atoms with Crippen LogP contribution in [0.2, 0.25) is 0 Å². The Kier molecular flexibility index (Phi) is 4.62. The predicted molar refractivity (Wildman–Crippen MR) is 131 cm³/mol. The van der Waals surface area contributed by atoms with Crippen LogP contribution in [-0.4, -0.2) is 23.9 Å². The number of rotatable bonds is 3. The van der Waals surface area contributed by atoms with Crippen molar-refractivity contribution < 1.29 is 19.1 Å². The van der Waals surface area contributed by atoms with Crippen molar-refractivity contribution >= 4 is 39.4 Å². The summed E-state index contributed by atoms with van der Waals surface area (Å²) < 4.78 is 4.47. The third kappa shape index (κ3) is 2.69. The molecule has 0 N–H and O–H groups in total. The van der Waals surface area contributed by atoms with Gasteiger partial charge >= 0.3 is 5.97 Å². The molecule has 4 aliphatic rings. The van der Waals surface area contributed by atoms with Crippen LogP contribution in [0.1, 0.15) is 52.4 Å². The van der Waals surface area contributed by atoms with Gasteiger partial charge in [0.1, 0.15) is 0 Å². The standard InChI is InChI=1S/C28H22BrNO4/c1-15(2)34-27(33)16-11-13-17(14-12-16)30-25(31)23-22-18-7-3-5-9-20(18)28(29,24(23)26(30)32)21-10-6-4-8-19(21)22/h3-15,22-24H,1-2H3. The second-order valence-electron chi connectivity index (χ2n) is 9.38. The summed E-state index contributed by atoms with van der Waals surface area (Å²) in [4.78, 5) is 41.3. The number of halogens is 1. The van der Waals surface area contributed by atoms with E-state index in [4.69, 9.17) is 4.74 Å². The molecule has 1 saturated heterocycles. The smallest absolute Gasteiger partial charge is 0.338 e. The summed E-state index contributed by atoms with van der Waals surface area (Å²) in [7, 11) is 0. The van der Waals surface area contributed by atoms with Gasteiger partial charge in [-0.05, 0) is 60.4 Å². The maximum atomic E-state index is 13.9. The van der Waals surface area contributed by atoms with Crippen molar-refractivity contribution in [2.24, 2.45) is 11.8 Å². The first kappa shape index (κ1) is 21.3. The highest BCUT2D eigenvalue weighted by Crippen LogP contribution is 2.66. The Morgan fingerprint density at radius 1 is 0.882 bits per heavy atom. The Morgan fingerprint density at radius 3 is 2.00 bits per heavy atom. The number of ether oxygens (including phenoxy) is 1. The minimum Gasteiger partial charge on any atom is -0.459 e. The van der Waals surface area contributed by atoms with Crippen LogP contribution in [0.25, 0.3) is 0 Å². The Bertz CT molecular complexity index is 1320. The summed E-state index contributed by atoms with van der Waals surface area (Å²) in [6, 6.07) is 22.7. The van der Waals surface area contributed by atoms with Gasteiger partial charge in [0.15, 0.2) is 0 Å². The molecule has 0 saturated carbocycles. The summed E-state index contributed by atoms with van der Waals surface area (Å²) in [6.07, 6.45) is -0.231. The molecule has 2 bridgehead atoms. The summed E-state index contributed by atoms with van der Waals surface area (Å²) in [6.45, 7) is 3.58. The molecule has 0 spiro atoms. The van der Waals surface area contributed by atoms with Gasteiger partial charge in [-0.2, -0.15) is 0 Å². The molecule has 2 unspecified atom stereocenters. The summed E-state index contributed by atoms with van der Waals surface area (Å²) in [5.41, 5.74) is 5.13. The monoisotopic (exact) mass is 515 g/mol. The van der Waals surface area contributed by atoms with E-state index in [1.165, 1.54) is 4.90 Å². The number of hydrogen-bond acceptors (Lipinski definition) is 4. The summed E-state index contributed by atoms with van der Waals surface area (Å²) in [5, 5.41) is 0. The molecule has 6 heteroatoms. The van der Waals surface area contributed by atoms with Crippen LogP contribution >= 0.6 is 15.9 Å². The Hall–Kier alpha value is -3.25. The van der Waals surface area contributed by atoms with Gasteiger partial charge < -0.3 is 4.74 Å². The van der Waals surface area contributed by atoms with E-state index >= 15 is 0 Å². The third-order valence-corrected chi connectivity index (χ3v) is 8.57. The van der Waals surface area contributed by atoms with Crippen molar-refractivity contribution in [2.75, 3.05) is 4.90 Å². The van der Waals surface area contributed by atoms with Gasteiger partial charge in [0.2, 0.25) is 11.8 Å². The van der Waals surface area contributed by atoms with Crippen LogP contribution in [0.4, 0.5) is 5.69 Å². The number of carbonyl (C=O) groups excluding carboxylic acids is 3. The molecule has 1 heterocycles. The number of anilines is 1. The highest BCUT2D eigenvalue weighted by molar-refractivity contribution is 9.09. The van der Waals surface area contributed by atoms with E-state index in [0.717, 1.165) is 22.3 Å². The zero-order valence-corrected chi connectivity index (χ0v) is 20.3. The number of nitrogens with zero attached hydrogens (tertiary/aromatic N) is 1. The fourth-order valence-corrected chi connectivity index (χ4v) is 7.17. The number of benzene rings is 3. The third-order valence-electron chi connectivity index (χ3n) is 7.22. The summed E-state index contributed by atoms with van der Waals surface area (Å²) in [5.74, 6) is -2.09. The molecule has 34 heavy (non-hydrogen) atoms. The normalized spacial score (nSPS) is 26.4. The molecule has 1 fully saturated rings. The zero-order chi connectivity index (χ0) is 23.8. The van der Waals surface area contributed by atoms with Crippen LogP contribution in [0, 0.1) is 11.8 Å². The molecule has 2 amide bonds. The van der Waals surface area contributed by atoms with Crippen LogP contribution < -0.4 is 4.90 Å². The van der Waals surface area contributed by atoms with E-state index in [1.807, 2.05) is 24.3 Å². The van der Waals surface area contributed by atoms with Gasteiger partial charge in [-0.3, -0.25) is 9.59 Å². The lowest BCUT2D eigenvalue weighted by molar-refractivity contribution is -0.122. The minimum atomic E-state index is -0.776. The highest BCUT2D eigenvalue weighted by Gasteiger charge is 2.67. The minimum absolute atomic E-state index is 0.182. The van der Waals surface area contributed by atoms with Crippen LogP contribution in [0.5, 0.6) is 0 Å². The first-order valence-corrected chi connectivity index (χ1v) is 12.2. The molecule has 170 valence electrons. The van der Waals surface area contributed by atoms with E-state index in [9.17, 15) is 14.4 Å². The molecule has 2 atom stereocenters. The van der Waals surface area contributed by atoms with Gasteiger partial charge in [0.25, 0.3) is 0 Å². The van der Waals surface area contributed by atoms with Crippen molar-refractivity contribution in [3.05, 3.63) is 101 Å². The van der Waals surface area contributed by atoms with Gasteiger partial charge in [0, 0.05) is 5.92 Å². The molecule has 3 aliphatic carbocycles. The molecule has 5 nitrogen and oxygen atoms in total. The Balaban J connectivity index is 1.45. The van der Waals surface area contributed by atoms with Crippen molar-refractivity contribution in [1.82, 2.24) is 0 Å². The van der Waals surface area contributed by atoms with Crippen molar-refractivity contribution in [2.45, 2.75) is 30.2 Å². The molecular formula is C28H22BrNO4.